The third-order valence-electron chi connectivity index (χ3n) is 2.90. The maximum atomic E-state index is 12.2. The molecule has 0 spiro atoms. The number of morpholine rings is 1. The fourth-order valence-electron chi connectivity index (χ4n) is 2.15. The Kier molecular flexibility index (Phi) is 4.55. The number of nitrogens with zero attached hydrogens (tertiary/aromatic N) is 1. The topological polar surface area (TPSA) is 41.6 Å². The van der Waals surface area contributed by atoms with Gasteiger partial charge in [0, 0.05) is 13.1 Å². The molecule has 1 N–H and O–H groups in total. The van der Waals surface area contributed by atoms with Gasteiger partial charge in [0.2, 0.25) is 0 Å². The predicted molar refractivity (Wildman–Crippen MR) is 77.1 cm³/mol. The van der Waals surface area contributed by atoms with Crippen LogP contribution in [0.4, 0.5) is 10.5 Å². The summed E-state index contributed by atoms with van der Waals surface area (Å²) in [4.78, 5) is 13.9. The SMILES string of the molecule is CC1CN(C(=O)Nc2c(Cl)cccc2Cl)CC(C)O1. The Bertz CT molecular complexity index is 451. The zero-order chi connectivity index (χ0) is 14.0. The number of urea groups is 1. The van der Waals surface area contributed by atoms with E-state index in [1.165, 1.54) is 0 Å². The summed E-state index contributed by atoms with van der Waals surface area (Å²) in [6.07, 6.45) is 0.0486. The molecule has 0 saturated carbocycles. The number of anilines is 1. The molecule has 2 atom stereocenters. The van der Waals surface area contributed by atoms with E-state index in [9.17, 15) is 4.79 Å². The number of halogens is 2. The Morgan fingerprint density at radius 1 is 1.26 bits per heavy atom. The molecule has 0 bridgehead atoms. The number of amides is 2. The molecule has 6 heteroatoms. The number of carbonyl (C=O) groups is 1. The van der Waals surface area contributed by atoms with E-state index >= 15 is 0 Å². The van der Waals surface area contributed by atoms with E-state index in [0.717, 1.165) is 0 Å². The number of rotatable bonds is 1. The van der Waals surface area contributed by atoms with Gasteiger partial charge in [-0.25, -0.2) is 4.79 Å². The molecule has 1 aromatic carbocycles. The molecular formula is C13H16Cl2N2O2. The Labute approximate surface area is 122 Å². The highest BCUT2D eigenvalue weighted by atomic mass is 35.5. The highest BCUT2D eigenvalue weighted by molar-refractivity contribution is 6.39. The average molecular weight is 303 g/mol. The number of hydrogen-bond acceptors (Lipinski definition) is 2. The summed E-state index contributed by atoms with van der Waals surface area (Å²) in [5.74, 6) is 0. The zero-order valence-corrected chi connectivity index (χ0v) is 12.3. The molecule has 1 aliphatic heterocycles. The second-order valence-corrected chi connectivity index (χ2v) is 5.50. The lowest BCUT2D eigenvalue weighted by atomic mass is 10.2. The lowest BCUT2D eigenvalue weighted by Gasteiger charge is -2.35. The molecule has 4 nitrogen and oxygen atoms in total. The van der Waals surface area contributed by atoms with Crippen molar-refractivity contribution in [3.05, 3.63) is 28.2 Å². The van der Waals surface area contributed by atoms with Crippen LogP contribution in [-0.2, 0) is 4.74 Å². The second kappa shape index (κ2) is 5.99. The number of carbonyl (C=O) groups excluding carboxylic acids is 1. The summed E-state index contributed by atoms with van der Waals surface area (Å²) in [5.41, 5.74) is 0.447. The molecule has 2 unspecified atom stereocenters. The Hall–Kier alpha value is -0.970. The van der Waals surface area contributed by atoms with Crippen molar-refractivity contribution in [2.75, 3.05) is 18.4 Å². The lowest BCUT2D eigenvalue weighted by Crippen LogP contribution is -2.49. The van der Waals surface area contributed by atoms with Crippen molar-refractivity contribution in [1.29, 1.82) is 0 Å². The van der Waals surface area contributed by atoms with E-state index in [0.29, 0.717) is 28.8 Å². The van der Waals surface area contributed by atoms with Gasteiger partial charge in [-0.1, -0.05) is 29.3 Å². The van der Waals surface area contributed by atoms with Gasteiger partial charge in [-0.05, 0) is 26.0 Å². The van der Waals surface area contributed by atoms with Crippen LogP contribution < -0.4 is 5.32 Å². The largest absolute Gasteiger partial charge is 0.372 e. The fraction of sp³-hybridized carbons (Fsp3) is 0.462. The molecular weight excluding hydrogens is 287 g/mol. The van der Waals surface area contributed by atoms with E-state index in [2.05, 4.69) is 5.32 Å². The maximum absolute atomic E-state index is 12.2. The first-order valence-electron chi connectivity index (χ1n) is 6.12. The average Bonchev–Trinajstić information content (AvgIpc) is 2.32. The summed E-state index contributed by atoms with van der Waals surface area (Å²) in [7, 11) is 0. The van der Waals surface area contributed by atoms with Gasteiger partial charge >= 0.3 is 6.03 Å². The third kappa shape index (κ3) is 3.53. The molecule has 104 valence electrons. The van der Waals surface area contributed by atoms with Crippen molar-refractivity contribution in [2.45, 2.75) is 26.1 Å². The fourth-order valence-corrected chi connectivity index (χ4v) is 2.64. The van der Waals surface area contributed by atoms with E-state index < -0.39 is 0 Å². The number of benzene rings is 1. The van der Waals surface area contributed by atoms with Crippen LogP contribution in [0.15, 0.2) is 18.2 Å². The van der Waals surface area contributed by atoms with Crippen molar-refractivity contribution in [3.63, 3.8) is 0 Å². The van der Waals surface area contributed by atoms with E-state index in [4.69, 9.17) is 27.9 Å². The lowest BCUT2D eigenvalue weighted by molar-refractivity contribution is -0.0530. The van der Waals surface area contributed by atoms with Gasteiger partial charge in [0.25, 0.3) is 0 Å². The quantitative estimate of drug-likeness (QED) is 0.860. The van der Waals surface area contributed by atoms with Crippen molar-refractivity contribution in [3.8, 4) is 0 Å². The smallest absolute Gasteiger partial charge is 0.322 e. The van der Waals surface area contributed by atoms with Crippen LogP contribution in [0, 0.1) is 0 Å². The van der Waals surface area contributed by atoms with Gasteiger partial charge in [-0.15, -0.1) is 0 Å². The summed E-state index contributed by atoms with van der Waals surface area (Å²) in [6, 6.07) is 4.90. The van der Waals surface area contributed by atoms with Crippen molar-refractivity contribution >= 4 is 34.9 Å². The van der Waals surface area contributed by atoms with Gasteiger partial charge in [-0.2, -0.15) is 0 Å². The highest BCUT2D eigenvalue weighted by Crippen LogP contribution is 2.30. The molecule has 1 aliphatic rings. The van der Waals surface area contributed by atoms with E-state index in [-0.39, 0.29) is 18.2 Å². The van der Waals surface area contributed by atoms with Crippen LogP contribution in [0.1, 0.15) is 13.8 Å². The molecule has 0 aromatic heterocycles. The monoisotopic (exact) mass is 302 g/mol. The molecule has 19 heavy (non-hydrogen) atoms. The minimum Gasteiger partial charge on any atom is -0.372 e. The Morgan fingerprint density at radius 2 is 1.79 bits per heavy atom. The second-order valence-electron chi connectivity index (χ2n) is 4.69. The van der Waals surface area contributed by atoms with Crippen LogP contribution in [0.2, 0.25) is 10.0 Å². The zero-order valence-electron chi connectivity index (χ0n) is 10.8. The number of hydrogen-bond donors (Lipinski definition) is 1. The summed E-state index contributed by atoms with van der Waals surface area (Å²) in [6.45, 7) is 4.99. The summed E-state index contributed by atoms with van der Waals surface area (Å²) < 4.78 is 5.59. The summed E-state index contributed by atoms with van der Waals surface area (Å²) in [5, 5.41) is 3.61. The first kappa shape index (κ1) is 14.4. The normalized spacial score (nSPS) is 23.3. The minimum atomic E-state index is -0.211. The Balaban J connectivity index is 2.08. The summed E-state index contributed by atoms with van der Waals surface area (Å²) >= 11 is 12.1. The Morgan fingerprint density at radius 3 is 2.32 bits per heavy atom. The van der Waals surface area contributed by atoms with Crippen LogP contribution in [0.3, 0.4) is 0 Å². The van der Waals surface area contributed by atoms with E-state index in [1.54, 1.807) is 23.1 Å². The van der Waals surface area contributed by atoms with Gasteiger partial charge in [0.15, 0.2) is 0 Å². The molecule has 1 aromatic rings. The number of para-hydroxylation sites is 1. The van der Waals surface area contributed by atoms with Crippen LogP contribution in [0.5, 0.6) is 0 Å². The van der Waals surface area contributed by atoms with Crippen LogP contribution in [-0.4, -0.2) is 36.2 Å². The molecule has 2 amide bonds. The first-order chi connectivity index (χ1) is 8.97. The molecule has 1 saturated heterocycles. The minimum absolute atomic E-state index is 0.0243. The molecule has 0 aliphatic carbocycles. The van der Waals surface area contributed by atoms with Crippen molar-refractivity contribution in [2.24, 2.45) is 0 Å². The van der Waals surface area contributed by atoms with E-state index in [1.807, 2.05) is 13.8 Å². The van der Waals surface area contributed by atoms with Crippen LogP contribution >= 0.6 is 23.2 Å². The molecule has 2 rings (SSSR count). The molecule has 1 fully saturated rings. The number of nitrogens with one attached hydrogen (secondary N) is 1. The van der Waals surface area contributed by atoms with Crippen LogP contribution in [0.25, 0.3) is 0 Å². The van der Waals surface area contributed by atoms with Gasteiger partial charge < -0.3 is 15.0 Å². The third-order valence-corrected chi connectivity index (χ3v) is 3.53. The van der Waals surface area contributed by atoms with Gasteiger partial charge in [0.1, 0.15) is 0 Å². The maximum Gasteiger partial charge on any atom is 0.322 e. The van der Waals surface area contributed by atoms with Gasteiger partial charge in [0.05, 0.1) is 27.9 Å². The van der Waals surface area contributed by atoms with Gasteiger partial charge in [-0.3, -0.25) is 0 Å². The molecule has 0 radical (unpaired) electrons. The molecule has 1 heterocycles. The van der Waals surface area contributed by atoms with Crippen molar-refractivity contribution in [1.82, 2.24) is 4.90 Å². The highest BCUT2D eigenvalue weighted by Gasteiger charge is 2.26. The first-order valence-corrected chi connectivity index (χ1v) is 6.88. The van der Waals surface area contributed by atoms with Crippen molar-refractivity contribution < 1.29 is 9.53 Å². The predicted octanol–water partition coefficient (Wildman–Crippen LogP) is 3.63. The number of ether oxygens (including phenoxy) is 1. The standard InChI is InChI=1S/C13H16Cl2N2O2/c1-8-6-17(7-9(2)19-8)13(18)16-12-10(14)4-3-5-11(12)15/h3-5,8-9H,6-7H2,1-2H3,(H,16,18).